The van der Waals surface area contributed by atoms with Crippen LogP contribution in [0.4, 0.5) is 5.69 Å². The second kappa shape index (κ2) is 6.67. The first-order chi connectivity index (χ1) is 12.6. The molecule has 0 bridgehead atoms. The Balaban J connectivity index is 1.53. The third-order valence-electron chi connectivity index (χ3n) is 5.14. The molecule has 5 nitrogen and oxygen atoms in total. The summed E-state index contributed by atoms with van der Waals surface area (Å²) in [5.74, 6) is -1.29. The van der Waals surface area contributed by atoms with E-state index in [0.717, 1.165) is 30.4 Å². The lowest BCUT2D eigenvalue weighted by molar-refractivity contribution is -0.123. The fraction of sp³-hybridized carbons (Fsp3) is 0.238. The summed E-state index contributed by atoms with van der Waals surface area (Å²) < 4.78 is 0. The van der Waals surface area contributed by atoms with Gasteiger partial charge in [0.15, 0.2) is 0 Å². The molecule has 26 heavy (non-hydrogen) atoms. The van der Waals surface area contributed by atoms with Crippen molar-refractivity contribution in [1.82, 2.24) is 5.32 Å². The van der Waals surface area contributed by atoms with E-state index in [9.17, 15) is 14.7 Å². The largest absolute Gasteiger partial charge is 0.511 e. The standard InChI is InChI=1S/C21H20N2O3/c24-19-16-7-4-8-17(16)23-21(26)18(19)20(25)22-15-11-9-14(10-12-15)13-5-2-1-3-6-13/h1-3,5-6,9-12,16-17,24H,4,7-8H2,(H,22,25)(H,23,26)/t16-,17+/m0/s1. The van der Waals surface area contributed by atoms with Crippen LogP contribution in [0.3, 0.4) is 0 Å². The molecule has 1 aliphatic carbocycles. The number of hydrogen-bond donors (Lipinski definition) is 3. The molecule has 1 heterocycles. The molecule has 1 aliphatic heterocycles. The van der Waals surface area contributed by atoms with Crippen molar-refractivity contribution in [2.75, 3.05) is 5.32 Å². The maximum absolute atomic E-state index is 12.5. The topological polar surface area (TPSA) is 78.4 Å². The molecule has 1 saturated carbocycles. The SMILES string of the molecule is O=C(Nc1ccc(-c2ccccc2)cc1)C1=C(O)[C@H]2CCC[C@H]2NC1=O. The minimum absolute atomic E-state index is 0.0517. The van der Waals surface area contributed by atoms with Gasteiger partial charge in [-0.2, -0.15) is 0 Å². The molecule has 1 fully saturated rings. The summed E-state index contributed by atoms with van der Waals surface area (Å²) >= 11 is 0. The van der Waals surface area contributed by atoms with E-state index in [2.05, 4.69) is 10.6 Å². The highest BCUT2D eigenvalue weighted by atomic mass is 16.3. The van der Waals surface area contributed by atoms with Crippen LogP contribution in [0.25, 0.3) is 11.1 Å². The summed E-state index contributed by atoms with van der Waals surface area (Å²) in [6.45, 7) is 0. The molecule has 132 valence electrons. The molecule has 2 aliphatic rings. The van der Waals surface area contributed by atoms with E-state index in [0.29, 0.717) is 5.69 Å². The summed E-state index contributed by atoms with van der Waals surface area (Å²) in [7, 11) is 0. The molecule has 3 N–H and O–H groups in total. The van der Waals surface area contributed by atoms with E-state index in [4.69, 9.17) is 0 Å². The van der Waals surface area contributed by atoms with E-state index in [1.54, 1.807) is 12.1 Å². The highest BCUT2D eigenvalue weighted by Gasteiger charge is 2.41. The van der Waals surface area contributed by atoms with E-state index in [1.165, 1.54) is 0 Å². The number of nitrogens with one attached hydrogen (secondary N) is 2. The predicted molar refractivity (Wildman–Crippen MR) is 99.4 cm³/mol. The normalized spacial score (nSPS) is 21.9. The zero-order valence-corrected chi connectivity index (χ0v) is 14.2. The third-order valence-corrected chi connectivity index (χ3v) is 5.14. The van der Waals surface area contributed by atoms with Crippen LogP contribution in [0, 0.1) is 5.92 Å². The maximum atomic E-state index is 12.5. The Hall–Kier alpha value is -3.08. The van der Waals surface area contributed by atoms with Crippen molar-refractivity contribution in [3.63, 3.8) is 0 Å². The number of aliphatic hydroxyl groups is 1. The number of benzene rings is 2. The van der Waals surface area contributed by atoms with Crippen molar-refractivity contribution >= 4 is 17.5 Å². The third kappa shape index (κ3) is 2.96. The van der Waals surface area contributed by atoms with Gasteiger partial charge in [-0.15, -0.1) is 0 Å². The number of hydrogen-bond acceptors (Lipinski definition) is 3. The minimum Gasteiger partial charge on any atom is -0.511 e. The van der Waals surface area contributed by atoms with Crippen LogP contribution in [0.15, 0.2) is 65.9 Å². The van der Waals surface area contributed by atoms with E-state index in [1.807, 2.05) is 42.5 Å². The number of anilines is 1. The molecule has 0 radical (unpaired) electrons. The smallest absolute Gasteiger partial charge is 0.264 e. The number of carbonyl (C=O) groups is 2. The highest BCUT2D eigenvalue weighted by Crippen LogP contribution is 2.35. The average Bonchev–Trinajstić information content (AvgIpc) is 3.12. The van der Waals surface area contributed by atoms with Gasteiger partial charge in [0.25, 0.3) is 11.8 Å². The number of carbonyl (C=O) groups excluding carboxylic acids is 2. The van der Waals surface area contributed by atoms with Gasteiger partial charge >= 0.3 is 0 Å². The Bertz CT molecular complexity index is 872. The highest BCUT2D eigenvalue weighted by molar-refractivity contribution is 6.23. The zero-order valence-electron chi connectivity index (χ0n) is 14.2. The quantitative estimate of drug-likeness (QED) is 0.744. The van der Waals surface area contributed by atoms with Crippen LogP contribution in [0.5, 0.6) is 0 Å². The number of aliphatic hydroxyl groups excluding tert-OH is 1. The Kier molecular flexibility index (Phi) is 4.21. The summed E-state index contributed by atoms with van der Waals surface area (Å²) in [5.41, 5.74) is 2.54. The van der Waals surface area contributed by atoms with E-state index < -0.39 is 11.8 Å². The van der Waals surface area contributed by atoms with Gasteiger partial charge in [0.1, 0.15) is 11.3 Å². The van der Waals surface area contributed by atoms with Crippen LogP contribution in [-0.4, -0.2) is 23.0 Å². The zero-order chi connectivity index (χ0) is 18.1. The molecule has 2 amide bonds. The summed E-state index contributed by atoms with van der Waals surface area (Å²) in [6.07, 6.45) is 2.57. The van der Waals surface area contributed by atoms with Crippen molar-refractivity contribution in [2.24, 2.45) is 5.92 Å². The van der Waals surface area contributed by atoms with Gasteiger partial charge in [0.05, 0.1) is 0 Å². The van der Waals surface area contributed by atoms with Crippen molar-refractivity contribution in [1.29, 1.82) is 0 Å². The fourth-order valence-electron chi connectivity index (χ4n) is 3.79. The molecule has 4 rings (SSSR count). The molecule has 0 unspecified atom stereocenters. The first-order valence-corrected chi connectivity index (χ1v) is 8.84. The van der Waals surface area contributed by atoms with Crippen molar-refractivity contribution in [2.45, 2.75) is 25.3 Å². The van der Waals surface area contributed by atoms with Gasteiger partial charge in [-0.1, -0.05) is 48.9 Å². The molecular formula is C21H20N2O3. The first kappa shape index (κ1) is 16.4. The Morgan fingerprint density at radius 1 is 1.00 bits per heavy atom. The fourth-order valence-corrected chi connectivity index (χ4v) is 3.79. The molecular weight excluding hydrogens is 328 g/mol. The molecule has 5 heteroatoms. The molecule has 0 aromatic heterocycles. The summed E-state index contributed by atoms with van der Waals surface area (Å²) in [4.78, 5) is 24.8. The van der Waals surface area contributed by atoms with Gasteiger partial charge in [0.2, 0.25) is 0 Å². The molecule has 0 saturated heterocycles. The van der Waals surface area contributed by atoms with Crippen molar-refractivity contribution in [3.8, 4) is 11.1 Å². The summed E-state index contributed by atoms with van der Waals surface area (Å²) in [5, 5.41) is 16.0. The Labute approximate surface area is 151 Å². The lowest BCUT2D eigenvalue weighted by Gasteiger charge is -2.27. The van der Waals surface area contributed by atoms with Crippen LogP contribution >= 0.6 is 0 Å². The first-order valence-electron chi connectivity index (χ1n) is 8.84. The Morgan fingerprint density at radius 2 is 1.69 bits per heavy atom. The molecule has 0 spiro atoms. The predicted octanol–water partition coefficient (Wildman–Crippen LogP) is 3.40. The van der Waals surface area contributed by atoms with Crippen LogP contribution in [-0.2, 0) is 9.59 Å². The van der Waals surface area contributed by atoms with Crippen LogP contribution in [0.2, 0.25) is 0 Å². The number of fused-ring (bicyclic) bond motifs is 1. The lowest BCUT2D eigenvalue weighted by Crippen LogP contribution is -2.46. The summed E-state index contributed by atoms with van der Waals surface area (Å²) in [6, 6.07) is 17.3. The van der Waals surface area contributed by atoms with E-state index >= 15 is 0 Å². The minimum atomic E-state index is -0.571. The number of rotatable bonds is 3. The van der Waals surface area contributed by atoms with Crippen molar-refractivity contribution in [3.05, 3.63) is 65.9 Å². The van der Waals surface area contributed by atoms with Crippen LogP contribution < -0.4 is 10.6 Å². The van der Waals surface area contributed by atoms with Crippen molar-refractivity contribution < 1.29 is 14.7 Å². The van der Waals surface area contributed by atoms with Crippen LogP contribution in [0.1, 0.15) is 19.3 Å². The Morgan fingerprint density at radius 3 is 2.42 bits per heavy atom. The average molecular weight is 348 g/mol. The molecule has 2 aromatic rings. The second-order valence-electron chi connectivity index (χ2n) is 6.78. The van der Waals surface area contributed by atoms with Gasteiger partial charge in [0, 0.05) is 17.6 Å². The monoisotopic (exact) mass is 348 g/mol. The molecule has 2 atom stereocenters. The lowest BCUT2D eigenvalue weighted by atomic mass is 9.92. The molecule has 2 aromatic carbocycles. The van der Waals surface area contributed by atoms with Gasteiger partial charge in [-0.25, -0.2) is 0 Å². The maximum Gasteiger partial charge on any atom is 0.264 e. The van der Waals surface area contributed by atoms with Gasteiger partial charge in [-0.3, -0.25) is 9.59 Å². The van der Waals surface area contributed by atoms with Gasteiger partial charge < -0.3 is 15.7 Å². The second-order valence-corrected chi connectivity index (χ2v) is 6.78. The number of amides is 2. The van der Waals surface area contributed by atoms with E-state index in [-0.39, 0.29) is 23.3 Å². The van der Waals surface area contributed by atoms with Gasteiger partial charge in [-0.05, 0) is 36.1 Å².